The summed E-state index contributed by atoms with van der Waals surface area (Å²) in [5.74, 6) is 1.14. The van der Waals surface area contributed by atoms with Crippen LogP contribution >= 0.6 is 0 Å². The minimum absolute atomic E-state index is 0.105. The Morgan fingerprint density at radius 1 is 1.33 bits per heavy atom. The smallest absolute Gasteiger partial charge is 0.226 e. The van der Waals surface area contributed by atoms with Crippen LogP contribution in [0.2, 0.25) is 0 Å². The molecule has 0 aliphatic carbocycles. The summed E-state index contributed by atoms with van der Waals surface area (Å²) in [6.45, 7) is 0.516. The van der Waals surface area contributed by atoms with Crippen molar-refractivity contribution in [3.63, 3.8) is 0 Å². The molecule has 1 heterocycles. The van der Waals surface area contributed by atoms with E-state index in [0.29, 0.717) is 13.0 Å². The number of benzene rings is 2. The molecule has 0 unspecified atom stereocenters. The van der Waals surface area contributed by atoms with Gasteiger partial charge >= 0.3 is 0 Å². The van der Waals surface area contributed by atoms with Gasteiger partial charge in [-0.05, 0) is 23.6 Å². The van der Waals surface area contributed by atoms with Gasteiger partial charge in [0.1, 0.15) is 18.1 Å². The maximum atomic E-state index is 12.3. The van der Waals surface area contributed by atoms with Crippen LogP contribution in [0.25, 0.3) is 0 Å². The van der Waals surface area contributed by atoms with E-state index in [1.165, 1.54) is 0 Å². The molecule has 1 aliphatic heterocycles. The molecule has 2 N–H and O–H groups in total. The van der Waals surface area contributed by atoms with E-state index in [1.54, 1.807) is 7.11 Å². The summed E-state index contributed by atoms with van der Waals surface area (Å²) in [7, 11) is 1.61. The molecule has 5 heteroatoms. The normalized spacial score (nSPS) is 17.3. The fourth-order valence-corrected chi connectivity index (χ4v) is 2.78. The Kier molecular flexibility index (Phi) is 5.01. The third kappa shape index (κ3) is 3.68. The molecule has 1 amide bonds. The van der Waals surface area contributed by atoms with Gasteiger partial charge in [-0.2, -0.15) is 0 Å². The highest BCUT2D eigenvalue weighted by atomic mass is 16.5. The average Bonchev–Trinajstić information content (AvgIpc) is 2.65. The maximum absolute atomic E-state index is 12.3. The first-order chi connectivity index (χ1) is 11.7. The van der Waals surface area contributed by atoms with Gasteiger partial charge < -0.3 is 19.9 Å². The summed E-state index contributed by atoms with van der Waals surface area (Å²) in [6.07, 6.45) is -0.0942. The molecule has 0 saturated carbocycles. The van der Waals surface area contributed by atoms with Crippen molar-refractivity contribution < 1.29 is 19.4 Å². The SMILES string of the molecule is COc1ccc2c(c1)OC[C@@H](C(=O)NC[C@H](O)c1ccccc1)C2. The van der Waals surface area contributed by atoms with Crippen molar-refractivity contribution >= 4 is 5.91 Å². The van der Waals surface area contributed by atoms with Crippen molar-refractivity contribution in [2.24, 2.45) is 5.92 Å². The van der Waals surface area contributed by atoms with E-state index in [-0.39, 0.29) is 18.4 Å². The number of rotatable bonds is 5. The third-order valence-corrected chi connectivity index (χ3v) is 4.21. The summed E-state index contributed by atoms with van der Waals surface area (Å²) in [5.41, 5.74) is 1.78. The Balaban J connectivity index is 1.56. The van der Waals surface area contributed by atoms with Crippen LogP contribution in [0.15, 0.2) is 48.5 Å². The number of carbonyl (C=O) groups is 1. The number of amides is 1. The van der Waals surface area contributed by atoms with Crippen molar-refractivity contribution in [3.8, 4) is 11.5 Å². The summed E-state index contributed by atoms with van der Waals surface area (Å²) < 4.78 is 10.9. The first kappa shape index (κ1) is 16.3. The molecule has 3 rings (SSSR count). The first-order valence-corrected chi connectivity index (χ1v) is 7.98. The second-order valence-corrected chi connectivity index (χ2v) is 5.86. The van der Waals surface area contributed by atoms with E-state index in [9.17, 15) is 9.90 Å². The quantitative estimate of drug-likeness (QED) is 0.882. The molecule has 1 aliphatic rings. The monoisotopic (exact) mass is 327 g/mol. The van der Waals surface area contributed by atoms with Crippen molar-refractivity contribution in [1.82, 2.24) is 5.32 Å². The van der Waals surface area contributed by atoms with Crippen molar-refractivity contribution in [1.29, 1.82) is 0 Å². The van der Waals surface area contributed by atoms with Crippen molar-refractivity contribution in [2.75, 3.05) is 20.3 Å². The van der Waals surface area contributed by atoms with Crippen LogP contribution in [0.3, 0.4) is 0 Å². The van der Waals surface area contributed by atoms with Crippen LogP contribution in [0.5, 0.6) is 11.5 Å². The predicted molar refractivity (Wildman–Crippen MR) is 90.1 cm³/mol. The number of hydrogen-bond donors (Lipinski definition) is 2. The van der Waals surface area contributed by atoms with Crippen LogP contribution in [0.4, 0.5) is 0 Å². The van der Waals surface area contributed by atoms with E-state index < -0.39 is 6.10 Å². The Bertz CT molecular complexity index is 702. The molecule has 0 bridgehead atoms. The Morgan fingerprint density at radius 2 is 2.12 bits per heavy atom. The van der Waals surface area contributed by atoms with E-state index in [4.69, 9.17) is 9.47 Å². The molecule has 2 atom stereocenters. The minimum atomic E-state index is -0.712. The molecule has 126 valence electrons. The van der Waals surface area contributed by atoms with Gasteiger partial charge in [0.2, 0.25) is 5.91 Å². The highest BCUT2D eigenvalue weighted by Gasteiger charge is 2.26. The number of carbonyl (C=O) groups excluding carboxylic acids is 1. The zero-order valence-electron chi connectivity index (χ0n) is 13.6. The molecule has 5 nitrogen and oxygen atoms in total. The van der Waals surface area contributed by atoms with Crippen LogP contribution in [-0.4, -0.2) is 31.3 Å². The number of aliphatic hydroxyl groups is 1. The van der Waals surface area contributed by atoms with Crippen LogP contribution in [0.1, 0.15) is 17.2 Å². The Hall–Kier alpha value is -2.53. The fourth-order valence-electron chi connectivity index (χ4n) is 2.78. The number of hydrogen-bond acceptors (Lipinski definition) is 4. The molecule has 2 aromatic carbocycles. The number of aliphatic hydroxyl groups excluding tert-OH is 1. The number of ether oxygens (including phenoxy) is 2. The number of nitrogens with one attached hydrogen (secondary N) is 1. The van der Waals surface area contributed by atoms with Gasteiger partial charge in [0.25, 0.3) is 0 Å². The van der Waals surface area contributed by atoms with Gasteiger partial charge in [0.15, 0.2) is 0 Å². The molecule has 2 aromatic rings. The number of fused-ring (bicyclic) bond motifs is 1. The topological polar surface area (TPSA) is 67.8 Å². The predicted octanol–water partition coefficient (Wildman–Crippen LogP) is 2.10. The molecule has 0 fully saturated rings. The van der Waals surface area contributed by atoms with Gasteiger partial charge in [-0.25, -0.2) is 0 Å². The zero-order valence-corrected chi connectivity index (χ0v) is 13.6. The van der Waals surface area contributed by atoms with Gasteiger partial charge in [-0.1, -0.05) is 36.4 Å². The van der Waals surface area contributed by atoms with Crippen LogP contribution in [-0.2, 0) is 11.2 Å². The fraction of sp³-hybridized carbons (Fsp3) is 0.316. The van der Waals surface area contributed by atoms with Crippen molar-refractivity contribution in [3.05, 3.63) is 59.7 Å². The van der Waals surface area contributed by atoms with Gasteiger partial charge in [-0.15, -0.1) is 0 Å². The van der Waals surface area contributed by atoms with E-state index in [1.807, 2.05) is 48.5 Å². The highest BCUT2D eigenvalue weighted by Crippen LogP contribution is 2.31. The Morgan fingerprint density at radius 3 is 2.88 bits per heavy atom. The highest BCUT2D eigenvalue weighted by molar-refractivity contribution is 5.79. The van der Waals surface area contributed by atoms with E-state index >= 15 is 0 Å². The van der Waals surface area contributed by atoms with Gasteiger partial charge in [0.05, 0.1) is 19.1 Å². The standard InChI is InChI=1S/C19H21NO4/c1-23-16-8-7-14-9-15(12-24-18(14)10-16)19(22)20-11-17(21)13-5-3-2-4-6-13/h2-8,10,15,17,21H,9,11-12H2,1H3,(H,20,22)/t15-,17-/m0/s1. The first-order valence-electron chi connectivity index (χ1n) is 7.98. The second-order valence-electron chi connectivity index (χ2n) is 5.86. The van der Waals surface area contributed by atoms with Crippen LogP contribution < -0.4 is 14.8 Å². The summed E-state index contributed by atoms with van der Waals surface area (Å²) >= 11 is 0. The second kappa shape index (κ2) is 7.36. The lowest BCUT2D eigenvalue weighted by atomic mass is 9.95. The molecular weight excluding hydrogens is 306 g/mol. The zero-order chi connectivity index (χ0) is 16.9. The lowest BCUT2D eigenvalue weighted by Crippen LogP contribution is -2.39. The average molecular weight is 327 g/mol. The molecule has 24 heavy (non-hydrogen) atoms. The maximum Gasteiger partial charge on any atom is 0.226 e. The van der Waals surface area contributed by atoms with E-state index in [2.05, 4.69) is 5.32 Å². The van der Waals surface area contributed by atoms with Crippen molar-refractivity contribution in [2.45, 2.75) is 12.5 Å². The molecular formula is C19H21NO4. The minimum Gasteiger partial charge on any atom is -0.497 e. The van der Waals surface area contributed by atoms with Gasteiger partial charge in [-0.3, -0.25) is 4.79 Å². The molecule has 0 aromatic heterocycles. The molecule has 0 radical (unpaired) electrons. The molecule has 0 saturated heterocycles. The Labute approximate surface area is 141 Å². The summed E-state index contributed by atoms with van der Waals surface area (Å²) in [4.78, 5) is 12.3. The molecule has 0 spiro atoms. The lowest BCUT2D eigenvalue weighted by molar-refractivity contribution is -0.126. The third-order valence-electron chi connectivity index (χ3n) is 4.21. The van der Waals surface area contributed by atoms with Gasteiger partial charge in [0, 0.05) is 12.6 Å². The van der Waals surface area contributed by atoms with Crippen LogP contribution in [0, 0.1) is 5.92 Å². The largest absolute Gasteiger partial charge is 0.497 e. The summed E-state index contributed by atoms with van der Waals surface area (Å²) in [5, 5.41) is 12.9. The number of methoxy groups -OCH3 is 1. The lowest BCUT2D eigenvalue weighted by Gasteiger charge is -2.25. The summed E-state index contributed by atoms with van der Waals surface area (Å²) in [6, 6.07) is 14.9. The van der Waals surface area contributed by atoms with E-state index in [0.717, 1.165) is 22.6 Å².